The van der Waals surface area contributed by atoms with Gasteiger partial charge in [-0.05, 0) is 74.5 Å². The average Bonchev–Trinajstić information content (AvgIpc) is 2.91. The molecular formula is C17H24N4O3. The van der Waals surface area contributed by atoms with Gasteiger partial charge in [0.1, 0.15) is 6.04 Å². The van der Waals surface area contributed by atoms with E-state index in [9.17, 15) is 14.9 Å². The van der Waals surface area contributed by atoms with Crippen molar-refractivity contribution in [3.8, 4) is 0 Å². The highest BCUT2D eigenvalue weighted by Crippen LogP contribution is 2.53. The van der Waals surface area contributed by atoms with Crippen LogP contribution in [0.15, 0.2) is 6.07 Å². The van der Waals surface area contributed by atoms with Crippen LogP contribution in [0.2, 0.25) is 0 Å². The van der Waals surface area contributed by atoms with Gasteiger partial charge in [0.2, 0.25) is 5.91 Å². The summed E-state index contributed by atoms with van der Waals surface area (Å²) in [6.45, 7) is 3.50. The van der Waals surface area contributed by atoms with Gasteiger partial charge in [0.15, 0.2) is 0 Å². The predicted molar refractivity (Wildman–Crippen MR) is 87.3 cm³/mol. The molecule has 130 valence electrons. The first kappa shape index (κ1) is 15.6. The summed E-state index contributed by atoms with van der Waals surface area (Å²) in [5.74, 6) is 2.69. The topological polar surface area (TPSA) is 90.1 Å². The minimum atomic E-state index is -0.532. The lowest BCUT2D eigenvalue weighted by Gasteiger charge is -2.54. The van der Waals surface area contributed by atoms with Gasteiger partial charge in [-0.15, -0.1) is 0 Å². The third kappa shape index (κ3) is 2.50. The second-order valence-corrected chi connectivity index (χ2v) is 7.99. The average molecular weight is 332 g/mol. The number of aryl methyl sites for hydroxylation is 1. The van der Waals surface area contributed by atoms with Crippen molar-refractivity contribution in [3.05, 3.63) is 21.9 Å². The van der Waals surface area contributed by atoms with E-state index in [0.717, 1.165) is 11.8 Å². The van der Waals surface area contributed by atoms with Crippen molar-refractivity contribution in [2.24, 2.45) is 23.7 Å². The first-order valence-corrected chi connectivity index (χ1v) is 8.93. The van der Waals surface area contributed by atoms with E-state index in [-0.39, 0.29) is 17.8 Å². The van der Waals surface area contributed by atoms with E-state index in [4.69, 9.17) is 0 Å². The third-order valence-electron chi connectivity index (χ3n) is 6.38. The maximum atomic E-state index is 12.7. The summed E-state index contributed by atoms with van der Waals surface area (Å²) in [5.41, 5.74) is 0.634. The quantitative estimate of drug-likeness (QED) is 0.678. The molecule has 1 amide bonds. The monoisotopic (exact) mass is 332 g/mol. The Labute approximate surface area is 140 Å². The molecule has 4 aliphatic rings. The molecule has 0 spiro atoms. The summed E-state index contributed by atoms with van der Waals surface area (Å²) in [4.78, 5) is 23.1. The number of hydrogen-bond acceptors (Lipinski definition) is 4. The number of amides is 1. The van der Waals surface area contributed by atoms with Gasteiger partial charge >= 0.3 is 5.82 Å². The molecule has 1 N–H and O–H groups in total. The zero-order valence-corrected chi connectivity index (χ0v) is 14.1. The minimum Gasteiger partial charge on any atom is -0.358 e. The lowest BCUT2D eigenvalue weighted by atomic mass is 9.54. The standard InChI is InChI=1S/C17H24N4O3/c1-9-3-15(21(23)24)19-20(9)10(2)17(22)18-16-13-5-11-4-12(7-13)8-14(16)6-11/h3,10-14,16H,4-8H2,1-2H3,(H,18,22). The summed E-state index contributed by atoms with van der Waals surface area (Å²) in [5, 5.41) is 18.1. The van der Waals surface area contributed by atoms with Gasteiger partial charge in [0.05, 0.1) is 16.9 Å². The number of carbonyl (C=O) groups is 1. The molecule has 4 saturated carbocycles. The molecule has 7 nitrogen and oxygen atoms in total. The van der Waals surface area contributed by atoms with Gasteiger partial charge in [-0.2, -0.15) is 4.68 Å². The first-order valence-electron chi connectivity index (χ1n) is 8.93. The number of aromatic nitrogens is 2. The van der Waals surface area contributed by atoms with Crippen LogP contribution in [0.25, 0.3) is 0 Å². The Morgan fingerprint density at radius 2 is 1.88 bits per heavy atom. The van der Waals surface area contributed by atoms with Crippen molar-refractivity contribution in [2.75, 3.05) is 0 Å². The number of rotatable bonds is 4. The van der Waals surface area contributed by atoms with Gasteiger partial charge in [-0.3, -0.25) is 4.79 Å². The predicted octanol–water partition coefficient (Wildman–Crippen LogP) is 2.60. The van der Waals surface area contributed by atoms with E-state index < -0.39 is 11.0 Å². The smallest absolute Gasteiger partial charge is 0.358 e. The van der Waals surface area contributed by atoms with Crippen molar-refractivity contribution < 1.29 is 9.72 Å². The van der Waals surface area contributed by atoms with Gasteiger partial charge in [-0.1, -0.05) is 0 Å². The van der Waals surface area contributed by atoms with Crippen molar-refractivity contribution in [3.63, 3.8) is 0 Å². The summed E-state index contributed by atoms with van der Waals surface area (Å²) in [7, 11) is 0. The molecular weight excluding hydrogens is 308 g/mol. The molecule has 5 rings (SSSR count). The normalized spacial score (nSPS) is 35.0. The number of nitro groups is 1. The third-order valence-corrected chi connectivity index (χ3v) is 6.38. The Morgan fingerprint density at radius 3 is 2.38 bits per heavy atom. The van der Waals surface area contributed by atoms with Crippen LogP contribution in [0.4, 0.5) is 5.82 Å². The number of nitrogens with zero attached hydrogens (tertiary/aromatic N) is 3. The van der Waals surface area contributed by atoms with E-state index in [0.29, 0.717) is 17.5 Å². The fourth-order valence-corrected chi connectivity index (χ4v) is 5.51. The van der Waals surface area contributed by atoms with E-state index in [1.54, 1.807) is 13.8 Å². The van der Waals surface area contributed by atoms with E-state index in [2.05, 4.69) is 10.4 Å². The first-order chi connectivity index (χ1) is 11.4. The van der Waals surface area contributed by atoms with Gasteiger partial charge in [0, 0.05) is 6.04 Å². The highest BCUT2D eigenvalue weighted by Gasteiger charge is 2.48. The Hall–Kier alpha value is -1.92. The Bertz CT molecular complexity index is 655. The van der Waals surface area contributed by atoms with Crippen LogP contribution in [0.5, 0.6) is 0 Å². The summed E-state index contributed by atoms with van der Waals surface area (Å²) in [6, 6.07) is 1.15. The largest absolute Gasteiger partial charge is 0.390 e. The molecule has 0 saturated heterocycles. The lowest BCUT2D eigenvalue weighted by Crippen LogP contribution is -2.56. The minimum absolute atomic E-state index is 0.0754. The summed E-state index contributed by atoms with van der Waals surface area (Å²) >= 11 is 0. The van der Waals surface area contributed by atoms with Crippen LogP contribution in [0.3, 0.4) is 0 Å². The second-order valence-electron chi connectivity index (χ2n) is 7.99. The number of hydrogen-bond donors (Lipinski definition) is 1. The SMILES string of the molecule is Cc1cc([N+](=O)[O-])nn1C(C)C(=O)NC1C2CC3CC(C2)CC1C3. The van der Waals surface area contributed by atoms with Crippen LogP contribution in [0.1, 0.15) is 50.8 Å². The lowest BCUT2D eigenvalue weighted by molar-refractivity contribution is -0.389. The summed E-state index contributed by atoms with van der Waals surface area (Å²) in [6.07, 6.45) is 6.38. The Balaban J connectivity index is 1.47. The highest BCUT2D eigenvalue weighted by atomic mass is 16.6. The van der Waals surface area contributed by atoms with Gasteiger partial charge in [-0.25, -0.2) is 0 Å². The molecule has 1 aromatic heterocycles. The van der Waals surface area contributed by atoms with Crippen molar-refractivity contribution in [2.45, 2.75) is 58.0 Å². The molecule has 0 radical (unpaired) electrons. The molecule has 4 fully saturated rings. The molecule has 1 atom stereocenters. The maximum Gasteiger partial charge on any atom is 0.390 e. The fourth-order valence-electron chi connectivity index (χ4n) is 5.51. The molecule has 0 aromatic carbocycles. The van der Waals surface area contributed by atoms with Crippen LogP contribution < -0.4 is 5.32 Å². The van der Waals surface area contributed by atoms with E-state index in [1.165, 1.54) is 42.9 Å². The van der Waals surface area contributed by atoms with Gasteiger partial charge in [0.25, 0.3) is 0 Å². The van der Waals surface area contributed by atoms with Crippen LogP contribution in [0, 0.1) is 40.7 Å². The zero-order valence-electron chi connectivity index (χ0n) is 14.1. The van der Waals surface area contributed by atoms with Crippen LogP contribution >= 0.6 is 0 Å². The van der Waals surface area contributed by atoms with E-state index in [1.807, 2.05) is 0 Å². The molecule has 0 aliphatic heterocycles. The van der Waals surface area contributed by atoms with Crippen molar-refractivity contribution in [1.29, 1.82) is 0 Å². The molecule has 1 aromatic rings. The molecule has 1 unspecified atom stereocenters. The van der Waals surface area contributed by atoms with Crippen LogP contribution in [-0.2, 0) is 4.79 Å². The maximum absolute atomic E-state index is 12.7. The second kappa shape index (κ2) is 5.57. The Kier molecular flexibility index (Phi) is 3.62. The van der Waals surface area contributed by atoms with Crippen LogP contribution in [-0.4, -0.2) is 26.7 Å². The molecule has 7 heteroatoms. The molecule has 24 heavy (non-hydrogen) atoms. The Morgan fingerprint density at radius 1 is 1.29 bits per heavy atom. The van der Waals surface area contributed by atoms with Gasteiger partial charge < -0.3 is 15.4 Å². The molecule has 4 aliphatic carbocycles. The highest BCUT2D eigenvalue weighted by molar-refractivity contribution is 5.80. The molecule has 1 heterocycles. The summed E-state index contributed by atoms with van der Waals surface area (Å²) < 4.78 is 1.46. The van der Waals surface area contributed by atoms with E-state index >= 15 is 0 Å². The number of nitrogens with one attached hydrogen (secondary N) is 1. The fraction of sp³-hybridized carbons (Fsp3) is 0.765. The van der Waals surface area contributed by atoms with Crippen molar-refractivity contribution >= 4 is 11.7 Å². The number of carbonyl (C=O) groups excluding carboxylic acids is 1. The molecule has 4 bridgehead atoms. The zero-order chi connectivity index (χ0) is 17.0. The van der Waals surface area contributed by atoms with Crippen molar-refractivity contribution in [1.82, 2.24) is 15.1 Å².